The van der Waals surface area contributed by atoms with Crippen LogP contribution in [0.3, 0.4) is 0 Å². The van der Waals surface area contributed by atoms with Gasteiger partial charge in [0.2, 0.25) is 5.95 Å². The van der Waals surface area contributed by atoms with Crippen molar-refractivity contribution in [2.24, 2.45) is 0 Å². The summed E-state index contributed by atoms with van der Waals surface area (Å²) in [6.07, 6.45) is 1.63. The summed E-state index contributed by atoms with van der Waals surface area (Å²) in [6.45, 7) is 4.36. The van der Waals surface area contributed by atoms with Crippen LogP contribution in [0.4, 0.5) is 11.8 Å². The van der Waals surface area contributed by atoms with Crippen molar-refractivity contribution in [3.05, 3.63) is 29.2 Å². The van der Waals surface area contributed by atoms with Crippen molar-refractivity contribution in [1.82, 2.24) is 30.4 Å². The third-order valence-electron chi connectivity index (χ3n) is 2.91. The van der Waals surface area contributed by atoms with Crippen molar-refractivity contribution >= 4 is 22.8 Å². The van der Waals surface area contributed by atoms with E-state index in [9.17, 15) is 0 Å². The molecule has 3 rings (SSSR count). The lowest BCUT2D eigenvalue weighted by Crippen LogP contribution is -2.07. The largest absolute Gasteiger partial charge is 0.383 e. The molecule has 8 nitrogen and oxygen atoms in total. The maximum absolute atomic E-state index is 5.99. The topological polar surface area (TPSA) is 118 Å². The monoisotopic (exact) mass is 270 g/mol. The molecule has 0 unspecified atom stereocenters. The van der Waals surface area contributed by atoms with E-state index in [-0.39, 0.29) is 0 Å². The molecule has 3 aromatic rings. The van der Waals surface area contributed by atoms with Crippen molar-refractivity contribution in [1.29, 1.82) is 0 Å². The van der Waals surface area contributed by atoms with Gasteiger partial charge in [-0.1, -0.05) is 0 Å². The Balaban J connectivity index is 1.96. The minimum absolute atomic E-state index is 0.419. The Kier molecular flexibility index (Phi) is 2.90. The average molecular weight is 270 g/mol. The predicted molar refractivity (Wildman–Crippen MR) is 74.9 cm³/mol. The van der Waals surface area contributed by atoms with Crippen molar-refractivity contribution in [3.8, 4) is 0 Å². The minimum Gasteiger partial charge on any atom is -0.383 e. The fourth-order valence-corrected chi connectivity index (χ4v) is 2.07. The molecule has 0 amide bonds. The molecular formula is C12H14N8. The molecule has 0 aliphatic rings. The first-order valence-electron chi connectivity index (χ1n) is 6.13. The van der Waals surface area contributed by atoms with E-state index in [4.69, 9.17) is 5.73 Å². The van der Waals surface area contributed by atoms with Gasteiger partial charge in [0.15, 0.2) is 5.65 Å². The molecule has 8 heteroatoms. The molecule has 0 aliphatic carbocycles. The van der Waals surface area contributed by atoms with Crippen LogP contribution in [0.1, 0.15) is 17.0 Å². The number of rotatable bonds is 3. The molecule has 0 atom stereocenters. The van der Waals surface area contributed by atoms with Crippen molar-refractivity contribution in [2.75, 3.05) is 11.1 Å². The quantitative estimate of drug-likeness (QED) is 0.648. The van der Waals surface area contributed by atoms with Gasteiger partial charge in [-0.2, -0.15) is 25.4 Å². The van der Waals surface area contributed by atoms with Gasteiger partial charge >= 0.3 is 0 Å². The van der Waals surface area contributed by atoms with E-state index in [0.717, 1.165) is 22.3 Å². The lowest BCUT2D eigenvalue weighted by atomic mass is 10.1. The van der Waals surface area contributed by atoms with E-state index >= 15 is 0 Å². The van der Waals surface area contributed by atoms with E-state index in [1.165, 1.54) is 0 Å². The lowest BCUT2D eigenvalue weighted by molar-refractivity contribution is 0.906. The molecule has 0 saturated carbocycles. The van der Waals surface area contributed by atoms with E-state index in [2.05, 4.69) is 35.7 Å². The first kappa shape index (κ1) is 12.3. The number of nitrogens with zero attached hydrogens (tertiary/aromatic N) is 5. The van der Waals surface area contributed by atoms with Crippen LogP contribution in [0.5, 0.6) is 0 Å². The number of hydrogen-bond acceptors (Lipinski definition) is 7. The van der Waals surface area contributed by atoms with Gasteiger partial charge in [-0.3, -0.25) is 0 Å². The Morgan fingerprint density at radius 3 is 2.85 bits per heavy atom. The van der Waals surface area contributed by atoms with Gasteiger partial charge in [0.05, 0.1) is 18.1 Å². The second-order valence-corrected chi connectivity index (χ2v) is 4.53. The number of aromatic amines is 1. The number of fused-ring (bicyclic) bond motifs is 1. The van der Waals surface area contributed by atoms with Crippen molar-refractivity contribution < 1.29 is 0 Å². The van der Waals surface area contributed by atoms with Gasteiger partial charge in [-0.25, -0.2) is 4.98 Å². The predicted octanol–water partition coefficient (Wildman–Crippen LogP) is 0.954. The summed E-state index contributed by atoms with van der Waals surface area (Å²) in [7, 11) is 0. The van der Waals surface area contributed by atoms with Crippen LogP contribution >= 0.6 is 0 Å². The Hall–Kier alpha value is -2.77. The second kappa shape index (κ2) is 4.72. The van der Waals surface area contributed by atoms with Gasteiger partial charge in [0.25, 0.3) is 0 Å². The summed E-state index contributed by atoms with van der Waals surface area (Å²) < 4.78 is 0. The maximum atomic E-state index is 5.99. The molecule has 102 valence electrons. The van der Waals surface area contributed by atoms with Crippen molar-refractivity contribution in [2.45, 2.75) is 20.4 Å². The molecular weight excluding hydrogens is 256 g/mol. The smallest absolute Gasteiger partial charge is 0.227 e. The third kappa shape index (κ3) is 2.22. The molecule has 0 aliphatic heterocycles. The Morgan fingerprint density at radius 1 is 1.25 bits per heavy atom. The number of aromatic nitrogens is 6. The highest BCUT2D eigenvalue weighted by Crippen LogP contribution is 2.22. The van der Waals surface area contributed by atoms with Gasteiger partial charge in [0, 0.05) is 5.69 Å². The fraction of sp³-hybridized carbons (Fsp3) is 0.250. The number of pyridine rings is 1. The van der Waals surface area contributed by atoms with Crippen LogP contribution in [-0.2, 0) is 6.54 Å². The Labute approximate surface area is 114 Å². The first-order valence-corrected chi connectivity index (χ1v) is 6.13. The molecule has 0 aromatic carbocycles. The van der Waals surface area contributed by atoms with Crippen LogP contribution in [0.15, 0.2) is 12.3 Å². The number of anilines is 2. The number of H-pyrrole nitrogens is 1. The Bertz CT molecular complexity index is 750. The van der Waals surface area contributed by atoms with Crippen LogP contribution in [-0.4, -0.2) is 30.4 Å². The minimum atomic E-state index is 0.419. The number of aryl methyl sites for hydroxylation is 2. The number of nitrogen functional groups attached to an aromatic ring is 1. The van der Waals surface area contributed by atoms with Gasteiger partial charge in [-0.05, 0) is 25.5 Å². The summed E-state index contributed by atoms with van der Waals surface area (Å²) in [4.78, 5) is 13.0. The second-order valence-electron chi connectivity index (χ2n) is 4.53. The van der Waals surface area contributed by atoms with Gasteiger partial charge in [0.1, 0.15) is 11.5 Å². The first-order chi connectivity index (χ1) is 9.63. The van der Waals surface area contributed by atoms with Crippen LogP contribution in [0.2, 0.25) is 0 Å². The third-order valence-corrected chi connectivity index (χ3v) is 2.91. The van der Waals surface area contributed by atoms with Crippen molar-refractivity contribution in [3.63, 3.8) is 0 Å². The average Bonchev–Trinajstić information content (AvgIpc) is 2.88. The lowest BCUT2D eigenvalue weighted by Gasteiger charge is -2.08. The van der Waals surface area contributed by atoms with Crippen LogP contribution in [0, 0.1) is 13.8 Å². The molecule has 3 heterocycles. The van der Waals surface area contributed by atoms with Crippen LogP contribution in [0.25, 0.3) is 11.0 Å². The number of nitrogens with two attached hydrogens (primary N) is 1. The number of nitrogens with one attached hydrogen (secondary N) is 2. The van der Waals surface area contributed by atoms with Gasteiger partial charge in [-0.15, -0.1) is 0 Å². The highest BCUT2D eigenvalue weighted by molar-refractivity contribution is 5.89. The van der Waals surface area contributed by atoms with E-state index in [1.807, 2.05) is 19.9 Å². The summed E-state index contributed by atoms with van der Waals surface area (Å²) in [5, 5.41) is 14.1. The summed E-state index contributed by atoms with van der Waals surface area (Å²) >= 11 is 0. The summed E-state index contributed by atoms with van der Waals surface area (Å²) in [5.74, 6) is 0.846. The zero-order valence-corrected chi connectivity index (χ0v) is 11.2. The molecule has 3 aromatic heterocycles. The maximum Gasteiger partial charge on any atom is 0.227 e. The molecule has 0 bridgehead atoms. The molecule has 0 saturated heterocycles. The standard InChI is InChI=1S/C12H14N8/c1-6-3-7(2)16-11-9(6)10(13)17-12(18-11)14-4-8-5-15-20-19-8/h3,5H,4H2,1-2H3,(H,15,19,20)(H3,13,14,16,17,18). The van der Waals surface area contributed by atoms with Crippen LogP contribution < -0.4 is 11.1 Å². The van der Waals surface area contributed by atoms with E-state index < -0.39 is 0 Å². The highest BCUT2D eigenvalue weighted by atomic mass is 15.3. The van der Waals surface area contributed by atoms with Gasteiger partial charge < -0.3 is 11.1 Å². The molecule has 4 N–H and O–H groups in total. The fourth-order valence-electron chi connectivity index (χ4n) is 2.07. The zero-order valence-electron chi connectivity index (χ0n) is 11.2. The molecule has 0 fully saturated rings. The zero-order chi connectivity index (χ0) is 14.1. The van der Waals surface area contributed by atoms with E-state index in [1.54, 1.807) is 6.20 Å². The highest BCUT2D eigenvalue weighted by Gasteiger charge is 2.10. The Morgan fingerprint density at radius 2 is 2.10 bits per heavy atom. The molecule has 0 spiro atoms. The molecule has 20 heavy (non-hydrogen) atoms. The number of hydrogen-bond donors (Lipinski definition) is 3. The SMILES string of the molecule is Cc1cc(C)c2c(N)nc(NCc3cn[nH]n3)nc2n1. The van der Waals surface area contributed by atoms with E-state index in [0.29, 0.717) is 24.0 Å². The molecule has 0 radical (unpaired) electrons. The summed E-state index contributed by atoms with van der Waals surface area (Å²) in [5.41, 5.74) is 9.27. The summed E-state index contributed by atoms with van der Waals surface area (Å²) in [6, 6.07) is 1.96. The normalized spacial score (nSPS) is 10.9.